The molecule has 1 heterocycles. The molecule has 0 aromatic carbocycles. The zero-order valence-electron chi connectivity index (χ0n) is 12.7. The topological polar surface area (TPSA) is 133 Å². The molecule has 9 heteroatoms. The molecule has 1 aromatic heterocycles. The van der Waals surface area contributed by atoms with Crippen molar-refractivity contribution in [2.45, 2.75) is 43.7 Å². The minimum absolute atomic E-state index is 0.229. The van der Waals surface area contributed by atoms with Gasteiger partial charge in [0.15, 0.2) is 0 Å². The first-order valence-electron chi connectivity index (χ1n) is 6.94. The first kappa shape index (κ1) is 17.1. The Balaban J connectivity index is 2.32. The lowest BCUT2D eigenvalue weighted by atomic mass is 10.1. The molecule has 124 valence electrons. The minimum Gasteiger partial charge on any atom is -0.396 e. The summed E-state index contributed by atoms with van der Waals surface area (Å²) < 4.78 is 23.3. The van der Waals surface area contributed by atoms with Gasteiger partial charge >= 0.3 is 0 Å². The molecular formula is C13H21N3O5S. The molecule has 4 N–H and O–H groups in total. The van der Waals surface area contributed by atoms with Crippen LogP contribution in [0.4, 0.5) is 5.82 Å². The lowest BCUT2D eigenvalue weighted by molar-refractivity contribution is 0.00445. The summed E-state index contributed by atoms with van der Waals surface area (Å²) in [7, 11) is -3.55. The van der Waals surface area contributed by atoms with Gasteiger partial charge in [-0.1, -0.05) is 0 Å². The van der Waals surface area contributed by atoms with Gasteiger partial charge in [0.1, 0.15) is 11.9 Å². The zero-order chi connectivity index (χ0) is 16.7. The van der Waals surface area contributed by atoms with Crippen LogP contribution in [-0.4, -0.2) is 64.8 Å². The van der Waals surface area contributed by atoms with E-state index in [9.17, 15) is 23.7 Å². The predicted molar refractivity (Wildman–Crippen MR) is 79.2 cm³/mol. The van der Waals surface area contributed by atoms with Crippen molar-refractivity contribution < 1.29 is 23.7 Å². The van der Waals surface area contributed by atoms with Crippen molar-refractivity contribution in [3.05, 3.63) is 11.3 Å². The van der Waals surface area contributed by atoms with Crippen molar-refractivity contribution in [2.75, 3.05) is 18.2 Å². The summed E-state index contributed by atoms with van der Waals surface area (Å²) in [6.07, 6.45) is -0.708. The van der Waals surface area contributed by atoms with Gasteiger partial charge in [0, 0.05) is 30.0 Å². The van der Waals surface area contributed by atoms with E-state index in [0.717, 1.165) is 6.26 Å². The molecule has 1 saturated carbocycles. The van der Waals surface area contributed by atoms with Crippen molar-refractivity contribution in [3.8, 4) is 0 Å². The molecule has 1 fully saturated rings. The Morgan fingerprint density at radius 3 is 2.36 bits per heavy atom. The third kappa shape index (κ3) is 3.22. The normalized spacial score (nSPS) is 28.8. The van der Waals surface area contributed by atoms with Crippen molar-refractivity contribution in [3.63, 3.8) is 0 Å². The molecule has 0 spiro atoms. The van der Waals surface area contributed by atoms with Crippen molar-refractivity contribution >= 4 is 15.7 Å². The molecule has 0 aliphatic heterocycles. The lowest BCUT2D eigenvalue weighted by Crippen LogP contribution is -2.36. The first-order valence-corrected chi connectivity index (χ1v) is 8.83. The monoisotopic (exact) mass is 331 g/mol. The van der Waals surface area contributed by atoms with E-state index in [2.05, 4.69) is 15.3 Å². The van der Waals surface area contributed by atoms with Gasteiger partial charge in [-0.3, -0.25) is 0 Å². The van der Waals surface area contributed by atoms with Gasteiger partial charge in [-0.15, -0.1) is 0 Å². The van der Waals surface area contributed by atoms with Crippen LogP contribution in [0.15, 0.2) is 5.16 Å². The van der Waals surface area contributed by atoms with E-state index in [-0.39, 0.29) is 11.8 Å². The maximum absolute atomic E-state index is 11.6. The zero-order valence-corrected chi connectivity index (χ0v) is 13.5. The standard InChI is InChI=1S/C13H21N3O5S/c1-6-7(2)14-13(22(3,20)21)16-12(6)15-9-4-8(5-17)10(18)11(9)19/h8-11,17-19H,4-5H2,1-3H3,(H,14,15,16). The highest BCUT2D eigenvalue weighted by Gasteiger charge is 2.41. The van der Waals surface area contributed by atoms with Crippen LogP contribution < -0.4 is 5.32 Å². The molecule has 4 unspecified atom stereocenters. The Bertz CT molecular complexity index is 664. The largest absolute Gasteiger partial charge is 0.396 e. The second-order valence-electron chi connectivity index (χ2n) is 5.75. The molecule has 0 bridgehead atoms. The van der Waals surface area contributed by atoms with Crippen molar-refractivity contribution in [1.29, 1.82) is 0 Å². The Hall–Kier alpha value is -1.29. The minimum atomic E-state index is -3.55. The summed E-state index contributed by atoms with van der Waals surface area (Å²) in [5.41, 5.74) is 1.19. The highest BCUT2D eigenvalue weighted by Crippen LogP contribution is 2.29. The van der Waals surface area contributed by atoms with Crippen LogP contribution in [-0.2, 0) is 9.84 Å². The summed E-state index contributed by atoms with van der Waals surface area (Å²) >= 11 is 0. The van der Waals surface area contributed by atoms with E-state index >= 15 is 0 Å². The number of anilines is 1. The maximum atomic E-state index is 11.6. The second kappa shape index (κ2) is 6.07. The van der Waals surface area contributed by atoms with Gasteiger partial charge in [0.05, 0.1) is 12.1 Å². The highest BCUT2D eigenvalue weighted by molar-refractivity contribution is 7.90. The van der Waals surface area contributed by atoms with E-state index in [0.29, 0.717) is 23.5 Å². The number of hydrogen-bond donors (Lipinski definition) is 4. The number of nitrogens with one attached hydrogen (secondary N) is 1. The van der Waals surface area contributed by atoms with Crippen LogP contribution in [0.2, 0.25) is 0 Å². The fraction of sp³-hybridized carbons (Fsp3) is 0.692. The van der Waals surface area contributed by atoms with Crippen LogP contribution in [0.1, 0.15) is 17.7 Å². The Labute approximate surface area is 129 Å². The molecule has 0 radical (unpaired) electrons. The molecule has 1 aliphatic rings. The number of aryl methyl sites for hydroxylation is 1. The molecule has 1 aromatic rings. The van der Waals surface area contributed by atoms with E-state index < -0.39 is 34.0 Å². The van der Waals surface area contributed by atoms with Crippen LogP contribution in [0, 0.1) is 19.8 Å². The van der Waals surface area contributed by atoms with Gasteiger partial charge in [-0.05, 0) is 20.3 Å². The molecule has 8 nitrogen and oxygen atoms in total. The van der Waals surface area contributed by atoms with Crippen LogP contribution in [0.25, 0.3) is 0 Å². The summed E-state index contributed by atoms with van der Waals surface area (Å²) in [5.74, 6) is -0.118. The number of aromatic nitrogens is 2. The van der Waals surface area contributed by atoms with Crippen molar-refractivity contribution in [2.24, 2.45) is 5.92 Å². The van der Waals surface area contributed by atoms with E-state index in [1.165, 1.54) is 0 Å². The van der Waals surface area contributed by atoms with Gasteiger partial charge in [0.25, 0.3) is 0 Å². The van der Waals surface area contributed by atoms with Gasteiger partial charge in [0.2, 0.25) is 15.0 Å². The van der Waals surface area contributed by atoms with Gasteiger partial charge in [-0.25, -0.2) is 18.4 Å². The molecule has 0 amide bonds. The predicted octanol–water partition coefficient (Wildman–Crippen LogP) is -0.989. The van der Waals surface area contributed by atoms with E-state index in [4.69, 9.17) is 0 Å². The molecular weight excluding hydrogens is 310 g/mol. The Morgan fingerprint density at radius 1 is 1.23 bits per heavy atom. The molecule has 2 rings (SSSR count). The summed E-state index contributed by atoms with van der Waals surface area (Å²) in [4.78, 5) is 7.97. The third-order valence-corrected chi connectivity index (χ3v) is 4.90. The average molecular weight is 331 g/mol. The number of hydrogen-bond acceptors (Lipinski definition) is 8. The van der Waals surface area contributed by atoms with Crippen molar-refractivity contribution in [1.82, 2.24) is 9.97 Å². The fourth-order valence-electron chi connectivity index (χ4n) is 2.53. The lowest BCUT2D eigenvalue weighted by Gasteiger charge is -2.20. The quantitative estimate of drug-likeness (QED) is 0.517. The Morgan fingerprint density at radius 2 is 1.86 bits per heavy atom. The summed E-state index contributed by atoms with van der Waals surface area (Å²) in [6, 6.07) is -0.521. The summed E-state index contributed by atoms with van der Waals surface area (Å²) in [5, 5.41) is 31.7. The molecule has 4 atom stereocenters. The number of sulfone groups is 1. The first-order chi connectivity index (χ1) is 10.1. The smallest absolute Gasteiger partial charge is 0.248 e. The number of nitrogens with zero attached hydrogens (tertiary/aromatic N) is 2. The summed E-state index contributed by atoms with van der Waals surface area (Å²) in [6.45, 7) is 3.19. The Kier molecular flexibility index (Phi) is 4.71. The third-order valence-electron chi connectivity index (χ3n) is 4.06. The molecule has 22 heavy (non-hydrogen) atoms. The van der Waals surface area contributed by atoms with Crippen LogP contribution in [0.5, 0.6) is 0 Å². The fourth-order valence-corrected chi connectivity index (χ4v) is 3.09. The second-order valence-corrected chi connectivity index (χ2v) is 7.66. The molecule has 1 aliphatic carbocycles. The van der Waals surface area contributed by atoms with Crippen LogP contribution in [0.3, 0.4) is 0 Å². The van der Waals surface area contributed by atoms with E-state index in [1.54, 1.807) is 13.8 Å². The van der Waals surface area contributed by atoms with Crippen LogP contribution >= 0.6 is 0 Å². The number of rotatable bonds is 4. The number of aliphatic hydroxyl groups is 3. The SMILES string of the molecule is Cc1nc(S(C)(=O)=O)nc(NC2CC(CO)C(O)C2O)c1C. The maximum Gasteiger partial charge on any atom is 0.248 e. The van der Waals surface area contributed by atoms with Gasteiger partial charge in [-0.2, -0.15) is 0 Å². The van der Waals surface area contributed by atoms with Gasteiger partial charge < -0.3 is 20.6 Å². The number of aliphatic hydroxyl groups excluding tert-OH is 3. The molecule has 0 saturated heterocycles. The highest BCUT2D eigenvalue weighted by atomic mass is 32.2. The average Bonchev–Trinajstić information content (AvgIpc) is 2.70. The van der Waals surface area contributed by atoms with E-state index in [1.807, 2.05) is 0 Å².